The standard InChI is InChI=1S/C31H40ClN3O2/c32-28-15-11-25(12-16-28)22-33-17-5-19-34(30(36)21-24-7-1-2-8-24)23-27-9-3-4-10-29(27)35(20-6-18-33)31(37)26-13-14-26/h3-4,9-12,15-16,24,26H,1-2,5-8,13-14,17-23H2. The summed E-state index contributed by atoms with van der Waals surface area (Å²) in [6, 6.07) is 16.3. The van der Waals surface area contributed by atoms with Crippen LogP contribution in [0.4, 0.5) is 5.69 Å². The smallest absolute Gasteiger partial charge is 0.230 e. The molecule has 6 heteroatoms. The Morgan fingerprint density at radius 2 is 1.51 bits per heavy atom. The molecule has 0 unspecified atom stereocenters. The first kappa shape index (κ1) is 26.2. The van der Waals surface area contributed by atoms with E-state index in [1.807, 2.05) is 29.2 Å². The van der Waals surface area contributed by atoms with Crippen molar-refractivity contribution in [3.8, 4) is 0 Å². The van der Waals surface area contributed by atoms with E-state index < -0.39 is 0 Å². The van der Waals surface area contributed by atoms with E-state index >= 15 is 0 Å². The predicted octanol–water partition coefficient (Wildman–Crippen LogP) is 6.29. The summed E-state index contributed by atoms with van der Waals surface area (Å²) in [5.41, 5.74) is 3.32. The number of nitrogens with zero attached hydrogens (tertiary/aromatic N) is 3. The zero-order valence-electron chi connectivity index (χ0n) is 21.9. The molecule has 37 heavy (non-hydrogen) atoms. The molecular formula is C31H40ClN3O2. The van der Waals surface area contributed by atoms with E-state index in [9.17, 15) is 9.59 Å². The molecule has 5 rings (SSSR count). The highest BCUT2D eigenvalue weighted by molar-refractivity contribution is 6.30. The molecule has 2 aromatic rings. The molecule has 5 nitrogen and oxygen atoms in total. The molecule has 0 bridgehead atoms. The van der Waals surface area contributed by atoms with Crippen molar-refractivity contribution in [1.82, 2.24) is 9.80 Å². The van der Waals surface area contributed by atoms with Gasteiger partial charge in [0.05, 0.1) is 0 Å². The monoisotopic (exact) mass is 521 g/mol. The molecule has 2 amide bonds. The molecule has 0 N–H and O–H groups in total. The number of benzene rings is 2. The summed E-state index contributed by atoms with van der Waals surface area (Å²) in [7, 11) is 0. The van der Waals surface area contributed by atoms with Crippen LogP contribution in [0.25, 0.3) is 0 Å². The molecule has 1 heterocycles. The lowest BCUT2D eigenvalue weighted by molar-refractivity contribution is -0.133. The Morgan fingerprint density at radius 1 is 0.811 bits per heavy atom. The van der Waals surface area contributed by atoms with Gasteiger partial charge in [-0.25, -0.2) is 0 Å². The zero-order valence-corrected chi connectivity index (χ0v) is 22.7. The van der Waals surface area contributed by atoms with Crippen LogP contribution in [0.2, 0.25) is 5.02 Å². The van der Waals surface area contributed by atoms with Crippen molar-refractivity contribution in [3.63, 3.8) is 0 Å². The van der Waals surface area contributed by atoms with Gasteiger partial charge in [0.25, 0.3) is 0 Å². The maximum Gasteiger partial charge on any atom is 0.230 e. The molecule has 0 aromatic heterocycles. The maximum absolute atomic E-state index is 13.5. The van der Waals surface area contributed by atoms with Crippen LogP contribution in [0, 0.1) is 11.8 Å². The minimum atomic E-state index is 0.159. The Morgan fingerprint density at radius 3 is 2.24 bits per heavy atom. The van der Waals surface area contributed by atoms with Gasteiger partial charge in [0.1, 0.15) is 0 Å². The molecule has 0 saturated heterocycles. The van der Waals surface area contributed by atoms with Gasteiger partial charge in [-0.05, 0) is 73.8 Å². The van der Waals surface area contributed by atoms with Crippen LogP contribution in [0.3, 0.4) is 0 Å². The molecule has 0 radical (unpaired) electrons. The molecular weight excluding hydrogens is 482 g/mol. The molecule has 2 fully saturated rings. The third kappa shape index (κ3) is 7.14. The van der Waals surface area contributed by atoms with Gasteiger partial charge in [0.15, 0.2) is 0 Å². The molecule has 0 spiro atoms. The molecule has 1 aliphatic heterocycles. The fourth-order valence-corrected chi connectivity index (χ4v) is 6.08. The first-order valence-corrected chi connectivity index (χ1v) is 14.6. The van der Waals surface area contributed by atoms with E-state index in [1.165, 1.54) is 31.2 Å². The second kappa shape index (κ2) is 12.4. The summed E-state index contributed by atoms with van der Waals surface area (Å²) in [6.45, 7) is 4.71. The lowest BCUT2D eigenvalue weighted by atomic mass is 10.0. The Hall–Kier alpha value is -2.37. The fourth-order valence-electron chi connectivity index (χ4n) is 5.95. The van der Waals surface area contributed by atoms with E-state index in [0.29, 0.717) is 25.4 Å². The fraction of sp³-hybridized carbons (Fsp3) is 0.548. The lowest BCUT2D eigenvalue weighted by Gasteiger charge is -2.32. The first-order chi connectivity index (χ1) is 18.1. The minimum absolute atomic E-state index is 0.159. The van der Waals surface area contributed by atoms with Crippen molar-refractivity contribution in [3.05, 3.63) is 64.7 Å². The van der Waals surface area contributed by atoms with Gasteiger partial charge in [-0.15, -0.1) is 0 Å². The SMILES string of the molecule is O=C(CC1CCCC1)N1CCCN(Cc2ccc(Cl)cc2)CCCN(C(=O)C2CC2)c2ccccc2C1. The van der Waals surface area contributed by atoms with E-state index in [1.54, 1.807) is 0 Å². The van der Waals surface area contributed by atoms with Gasteiger partial charge in [-0.3, -0.25) is 14.5 Å². The summed E-state index contributed by atoms with van der Waals surface area (Å²) in [6.07, 6.45) is 9.35. The second-order valence-electron chi connectivity index (χ2n) is 11.2. The summed E-state index contributed by atoms with van der Waals surface area (Å²) < 4.78 is 0. The van der Waals surface area contributed by atoms with Gasteiger partial charge >= 0.3 is 0 Å². The topological polar surface area (TPSA) is 43.9 Å². The van der Waals surface area contributed by atoms with Gasteiger partial charge in [0.2, 0.25) is 11.8 Å². The highest BCUT2D eigenvalue weighted by Crippen LogP contribution is 2.35. The Bertz CT molecular complexity index is 1060. The average molecular weight is 522 g/mol. The maximum atomic E-state index is 13.5. The number of amides is 2. The van der Waals surface area contributed by atoms with E-state index in [4.69, 9.17) is 11.6 Å². The van der Waals surface area contributed by atoms with Crippen LogP contribution in [-0.2, 0) is 22.7 Å². The van der Waals surface area contributed by atoms with Crippen LogP contribution in [-0.4, -0.2) is 47.8 Å². The summed E-state index contributed by atoms with van der Waals surface area (Å²) in [5, 5.41) is 0.752. The quantitative estimate of drug-likeness (QED) is 0.464. The van der Waals surface area contributed by atoms with Crippen molar-refractivity contribution in [2.75, 3.05) is 31.1 Å². The summed E-state index contributed by atoms with van der Waals surface area (Å²) in [5.74, 6) is 1.20. The molecule has 198 valence electrons. The van der Waals surface area contributed by atoms with Crippen LogP contribution in [0.1, 0.15) is 68.9 Å². The molecule has 2 aromatic carbocycles. The first-order valence-electron chi connectivity index (χ1n) is 14.2. The summed E-state index contributed by atoms with van der Waals surface area (Å²) in [4.78, 5) is 33.5. The van der Waals surface area contributed by atoms with Crippen LogP contribution < -0.4 is 4.90 Å². The van der Waals surface area contributed by atoms with Gasteiger partial charge in [-0.1, -0.05) is 54.8 Å². The molecule has 2 aliphatic carbocycles. The molecule has 2 saturated carbocycles. The van der Waals surface area contributed by atoms with E-state index in [0.717, 1.165) is 68.1 Å². The number of hydrogen-bond acceptors (Lipinski definition) is 3. The van der Waals surface area contributed by atoms with Crippen molar-refractivity contribution < 1.29 is 9.59 Å². The summed E-state index contributed by atoms with van der Waals surface area (Å²) >= 11 is 6.11. The van der Waals surface area contributed by atoms with Gasteiger partial charge in [-0.2, -0.15) is 0 Å². The zero-order chi connectivity index (χ0) is 25.6. The molecule has 3 aliphatic rings. The van der Waals surface area contributed by atoms with Gasteiger partial charge in [0, 0.05) is 62.3 Å². The molecule has 0 atom stereocenters. The highest BCUT2D eigenvalue weighted by atomic mass is 35.5. The number of anilines is 1. The number of carbonyl (C=O) groups excluding carboxylic acids is 2. The Labute approximate surface area is 226 Å². The van der Waals surface area contributed by atoms with Crippen molar-refractivity contribution in [1.29, 1.82) is 0 Å². The number of para-hydroxylation sites is 1. The number of fused-ring (bicyclic) bond motifs is 1. The van der Waals surface area contributed by atoms with Gasteiger partial charge < -0.3 is 9.80 Å². The Balaban J connectivity index is 1.38. The van der Waals surface area contributed by atoms with Crippen molar-refractivity contribution >= 4 is 29.1 Å². The second-order valence-corrected chi connectivity index (χ2v) is 11.6. The Kier molecular flexibility index (Phi) is 8.83. The minimum Gasteiger partial charge on any atom is -0.338 e. The number of halogens is 1. The third-order valence-electron chi connectivity index (χ3n) is 8.20. The average Bonchev–Trinajstić information content (AvgIpc) is 3.63. The van der Waals surface area contributed by atoms with Crippen LogP contribution in [0.5, 0.6) is 0 Å². The number of rotatable bonds is 5. The largest absolute Gasteiger partial charge is 0.338 e. The van der Waals surface area contributed by atoms with Crippen molar-refractivity contribution in [2.24, 2.45) is 11.8 Å². The third-order valence-corrected chi connectivity index (χ3v) is 8.46. The van der Waals surface area contributed by atoms with E-state index in [-0.39, 0.29) is 17.7 Å². The lowest BCUT2D eigenvalue weighted by Crippen LogP contribution is -2.39. The predicted molar refractivity (Wildman–Crippen MR) is 149 cm³/mol. The van der Waals surface area contributed by atoms with Crippen LogP contribution in [0.15, 0.2) is 48.5 Å². The van der Waals surface area contributed by atoms with E-state index in [2.05, 4.69) is 34.1 Å². The van der Waals surface area contributed by atoms with Crippen LogP contribution >= 0.6 is 11.6 Å². The number of hydrogen-bond donors (Lipinski definition) is 0. The normalized spacial score (nSPS) is 20.2. The number of carbonyl (C=O) groups is 2. The van der Waals surface area contributed by atoms with Crippen molar-refractivity contribution in [2.45, 2.75) is 70.9 Å². The highest BCUT2D eigenvalue weighted by Gasteiger charge is 2.35.